The fourth-order valence-electron chi connectivity index (χ4n) is 2.84. The van der Waals surface area contributed by atoms with Crippen LogP contribution in [0.5, 0.6) is 5.75 Å². The predicted octanol–water partition coefficient (Wildman–Crippen LogP) is 4.05. The maximum atomic E-state index is 12.4. The molecule has 5 heteroatoms. The van der Waals surface area contributed by atoms with Gasteiger partial charge in [-0.05, 0) is 36.1 Å². The number of fused-ring (bicyclic) bond motifs is 1. The molecule has 1 saturated carbocycles. The average molecular weight is 324 g/mol. The third kappa shape index (κ3) is 2.80. The van der Waals surface area contributed by atoms with Gasteiger partial charge in [-0.25, -0.2) is 4.98 Å². The maximum Gasteiger partial charge on any atom is 0.229 e. The number of hydrogen-bond donors (Lipinski definition) is 1. The lowest BCUT2D eigenvalue weighted by Crippen LogP contribution is -2.14. The monoisotopic (exact) mass is 324 g/mol. The summed E-state index contributed by atoms with van der Waals surface area (Å²) < 4.78 is 6.22. The molecule has 3 aromatic rings. The number of ether oxygens (including phenoxy) is 1. The number of nitrogens with zero attached hydrogens (tertiary/aromatic N) is 1. The van der Waals surface area contributed by atoms with Crippen LogP contribution < -0.4 is 10.1 Å². The zero-order valence-corrected chi connectivity index (χ0v) is 13.5. The lowest BCUT2D eigenvalue weighted by molar-refractivity contribution is -0.117. The molecule has 1 aliphatic rings. The predicted molar refractivity (Wildman–Crippen MR) is 92.1 cm³/mol. The molecule has 1 aromatic heterocycles. The Balaban J connectivity index is 1.47. The molecule has 4 rings (SSSR count). The Labute approximate surface area is 138 Å². The highest BCUT2D eigenvalue weighted by Gasteiger charge is 2.44. The highest BCUT2D eigenvalue weighted by Crippen LogP contribution is 2.48. The standard InChI is InChI=1S/C18H16N2O2S/c1-22-12-7-8-15-16(9-12)23-18(19-15)20-17(21)14-10-13(14)11-5-3-2-4-6-11/h2-9,13-14H,10H2,1H3,(H,19,20,21)/t13-,14-/m1/s1. The molecule has 1 amide bonds. The largest absolute Gasteiger partial charge is 0.497 e. The van der Waals surface area contributed by atoms with Gasteiger partial charge >= 0.3 is 0 Å². The summed E-state index contributed by atoms with van der Waals surface area (Å²) >= 11 is 1.47. The molecule has 1 N–H and O–H groups in total. The van der Waals surface area contributed by atoms with E-state index in [-0.39, 0.29) is 11.8 Å². The van der Waals surface area contributed by atoms with E-state index < -0.39 is 0 Å². The van der Waals surface area contributed by atoms with Gasteiger partial charge in [-0.2, -0.15) is 0 Å². The van der Waals surface area contributed by atoms with Crippen molar-refractivity contribution in [1.82, 2.24) is 4.98 Å². The number of benzene rings is 2. The molecule has 2 atom stereocenters. The molecule has 0 unspecified atom stereocenters. The van der Waals surface area contributed by atoms with Gasteiger partial charge < -0.3 is 10.1 Å². The molecule has 0 bridgehead atoms. The molecule has 2 aromatic carbocycles. The van der Waals surface area contributed by atoms with Gasteiger partial charge in [0.25, 0.3) is 0 Å². The molecule has 1 fully saturated rings. The number of amides is 1. The number of methoxy groups -OCH3 is 1. The summed E-state index contributed by atoms with van der Waals surface area (Å²) in [6, 6.07) is 15.9. The van der Waals surface area contributed by atoms with Crippen molar-refractivity contribution in [3.05, 3.63) is 54.1 Å². The molecule has 0 saturated heterocycles. The van der Waals surface area contributed by atoms with Crippen molar-refractivity contribution in [3.63, 3.8) is 0 Å². The molecular weight excluding hydrogens is 308 g/mol. The van der Waals surface area contributed by atoms with Crippen molar-refractivity contribution in [2.75, 3.05) is 12.4 Å². The third-order valence-electron chi connectivity index (χ3n) is 4.18. The summed E-state index contributed by atoms with van der Waals surface area (Å²) in [6.07, 6.45) is 0.911. The first-order valence-corrected chi connectivity index (χ1v) is 8.36. The number of rotatable bonds is 4. The number of carbonyl (C=O) groups excluding carboxylic acids is 1. The van der Waals surface area contributed by atoms with E-state index in [4.69, 9.17) is 4.74 Å². The molecule has 116 valence electrons. The minimum absolute atomic E-state index is 0.0546. The van der Waals surface area contributed by atoms with Crippen LogP contribution in [0.4, 0.5) is 5.13 Å². The highest BCUT2D eigenvalue weighted by atomic mass is 32.1. The smallest absolute Gasteiger partial charge is 0.229 e. The van der Waals surface area contributed by atoms with E-state index in [1.165, 1.54) is 16.9 Å². The molecule has 1 aliphatic carbocycles. The zero-order chi connectivity index (χ0) is 15.8. The molecule has 0 spiro atoms. The molecule has 0 radical (unpaired) electrons. The fourth-order valence-corrected chi connectivity index (χ4v) is 3.73. The van der Waals surface area contributed by atoms with Crippen LogP contribution in [0.3, 0.4) is 0 Å². The third-order valence-corrected chi connectivity index (χ3v) is 5.11. The summed E-state index contributed by atoms with van der Waals surface area (Å²) in [5.74, 6) is 1.25. The Morgan fingerprint density at radius 3 is 2.87 bits per heavy atom. The Morgan fingerprint density at radius 2 is 2.09 bits per heavy atom. The molecular formula is C18H16N2O2S. The maximum absolute atomic E-state index is 12.4. The topological polar surface area (TPSA) is 51.2 Å². The van der Waals surface area contributed by atoms with Crippen molar-refractivity contribution in [2.45, 2.75) is 12.3 Å². The fraction of sp³-hybridized carbons (Fsp3) is 0.222. The Hall–Kier alpha value is -2.40. The van der Waals surface area contributed by atoms with Crippen molar-refractivity contribution < 1.29 is 9.53 Å². The van der Waals surface area contributed by atoms with Gasteiger partial charge in [-0.1, -0.05) is 41.7 Å². The first-order valence-electron chi connectivity index (χ1n) is 7.55. The van der Waals surface area contributed by atoms with Crippen LogP contribution in [-0.2, 0) is 4.79 Å². The van der Waals surface area contributed by atoms with Crippen LogP contribution in [0.1, 0.15) is 17.9 Å². The second-order valence-electron chi connectivity index (χ2n) is 5.70. The summed E-state index contributed by atoms with van der Waals surface area (Å²) in [4.78, 5) is 16.9. The number of carbonyl (C=O) groups is 1. The summed E-state index contributed by atoms with van der Waals surface area (Å²) in [5, 5.41) is 3.61. The van der Waals surface area contributed by atoms with Gasteiger partial charge in [0.05, 0.1) is 17.3 Å². The lowest BCUT2D eigenvalue weighted by Gasteiger charge is -2.01. The minimum Gasteiger partial charge on any atom is -0.497 e. The minimum atomic E-state index is 0.0546. The SMILES string of the molecule is COc1ccc2nc(NC(=O)[C@@H]3C[C@@H]3c3ccccc3)sc2c1. The number of nitrogens with one attached hydrogen (secondary N) is 1. The van der Waals surface area contributed by atoms with Gasteiger partial charge in [-0.3, -0.25) is 4.79 Å². The van der Waals surface area contributed by atoms with Gasteiger partial charge in [0.2, 0.25) is 5.91 Å². The highest BCUT2D eigenvalue weighted by molar-refractivity contribution is 7.22. The van der Waals surface area contributed by atoms with Crippen LogP contribution >= 0.6 is 11.3 Å². The Morgan fingerprint density at radius 1 is 1.26 bits per heavy atom. The van der Waals surface area contributed by atoms with E-state index >= 15 is 0 Å². The Bertz CT molecular complexity index is 860. The molecule has 0 aliphatic heterocycles. The van der Waals surface area contributed by atoms with Crippen LogP contribution in [0.25, 0.3) is 10.2 Å². The van der Waals surface area contributed by atoms with E-state index in [1.807, 2.05) is 36.4 Å². The van der Waals surface area contributed by atoms with E-state index in [9.17, 15) is 4.79 Å². The van der Waals surface area contributed by atoms with Crippen molar-refractivity contribution in [3.8, 4) is 5.75 Å². The second kappa shape index (κ2) is 5.66. The Kier molecular flexibility index (Phi) is 3.50. The summed E-state index contributed by atoms with van der Waals surface area (Å²) in [7, 11) is 1.64. The first kappa shape index (κ1) is 14.2. The summed E-state index contributed by atoms with van der Waals surface area (Å²) in [6.45, 7) is 0. The first-order chi connectivity index (χ1) is 11.2. The lowest BCUT2D eigenvalue weighted by atomic mass is 10.1. The molecule has 1 heterocycles. The normalized spacial score (nSPS) is 19.5. The van der Waals surface area contributed by atoms with Gasteiger partial charge in [0, 0.05) is 5.92 Å². The van der Waals surface area contributed by atoms with E-state index in [0.29, 0.717) is 11.0 Å². The van der Waals surface area contributed by atoms with Crippen molar-refractivity contribution in [2.24, 2.45) is 5.92 Å². The quantitative estimate of drug-likeness (QED) is 0.788. The van der Waals surface area contributed by atoms with Crippen LogP contribution in [0.2, 0.25) is 0 Å². The van der Waals surface area contributed by atoms with Crippen molar-refractivity contribution in [1.29, 1.82) is 0 Å². The van der Waals surface area contributed by atoms with Crippen LogP contribution in [-0.4, -0.2) is 18.0 Å². The molecule has 23 heavy (non-hydrogen) atoms. The number of anilines is 1. The van der Waals surface area contributed by atoms with E-state index in [2.05, 4.69) is 22.4 Å². The molecule has 4 nitrogen and oxygen atoms in total. The average Bonchev–Trinajstić information content (AvgIpc) is 3.29. The number of aromatic nitrogens is 1. The second-order valence-corrected chi connectivity index (χ2v) is 6.73. The van der Waals surface area contributed by atoms with Crippen molar-refractivity contribution >= 4 is 32.6 Å². The van der Waals surface area contributed by atoms with E-state index in [0.717, 1.165) is 22.4 Å². The number of thiazole rings is 1. The van der Waals surface area contributed by atoms with Crippen LogP contribution in [0.15, 0.2) is 48.5 Å². The van der Waals surface area contributed by atoms with Gasteiger partial charge in [0.1, 0.15) is 5.75 Å². The van der Waals surface area contributed by atoms with Gasteiger partial charge in [0.15, 0.2) is 5.13 Å². The summed E-state index contributed by atoms with van der Waals surface area (Å²) in [5.41, 5.74) is 2.11. The van der Waals surface area contributed by atoms with Gasteiger partial charge in [-0.15, -0.1) is 0 Å². The zero-order valence-electron chi connectivity index (χ0n) is 12.7. The number of hydrogen-bond acceptors (Lipinski definition) is 4. The van der Waals surface area contributed by atoms with Crippen LogP contribution in [0, 0.1) is 5.92 Å². The van der Waals surface area contributed by atoms with E-state index in [1.54, 1.807) is 7.11 Å².